The van der Waals surface area contributed by atoms with E-state index in [4.69, 9.17) is 0 Å². The second kappa shape index (κ2) is 6.88. The van der Waals surface area contributed by atoms with E-state index in [0.29, 0.717) is 0 Å². The maximum absolute atomic E-state index is 12.8. The number of allylic oxidation sites excluding steroid dienone is 2. The molecule has 3 aliphatic rings. The largest absolute Gasteiger partial charge is 0.370 e. The first-order chi connectivity index (χ1) is 11.8. The molecule has 0 aromatic heterocycles. The summed E-state index contributed by atoms with van der Waals surface area (Å²) in [6.45, 7) is 4.38. The zero-order valence-electron chi connectivity index (χ0n) is 14.3. The first kappa shape index (κ1) is 15.6. The molecule has 0 spiro atoms. The summed E-state index contributed by atoms with van der Waals surface area (Å²) in [4.78, 5) is 17.6. The smallest absolute Gasteiger partial charge is 0.228 e. The zero-order valence-corrected chi connectivity index (χ0v) is 14.3. The number of anilines is 3. The SMILES string of the molecule is O=C(Nc1c(N2CCCC2)cccc1N1CCCC1)C1CC=CC1. The van der Waals surface area contributed by atoms with Crippen LogP contribution in [0.4, 0.5) is 17.1 Å². The highest BCUT2D eigenvalue weighted by Crippen LogP contribution is 2.39. The molecule has 1 aromatic rings. The monoisotopic (exact) mass is 325 g/mol. The van der Waals surface area contributed by atoms with Gasteiger partial charge in [-0.3, -0.25) is 4.79 Å². The Morgan fingerprint density at radius 3 is 1.88 bits per heavy atom. The first-order valence-corrected chi connectivity index (χ1v) is 9.42. The molecule has 0 atom stereocenters. The highest BCUT2D eigenvalue weighted by Gasteiger charge is 2.26. The van der Waals surface area contributed by atoms with Gasteiger partial charge in [-0.05, 0) is 50.7 Å². The van der Waals surface area contributed by atoms with Crippen LogP contribution in [0.2, 0.25) is 0 Å². The second-order valence-corrected chi connectivity index (χ2v) is 7.19. The molecule has 2 heterocycles. The third-order valence-electron chi connectivity index (χ3n) is 5.54. The van der Waals surface area contributed by atoms with Crippen LogP contribution in [0.1, 0.15) is 38.5 Å². The van der Waals surface area contributed by atoms with E-state index < -0.39 is 0 Å². The number of carbonyl (C=O) groups is 1. The van der Waals surface area contributed by atoms with E-state index in [-0.39, 0.29) is 11.8 Å². The fourth-order valence-corrected chi connectivity index (χ4v) is 4.16. The Labute approximate surface area is 144 Å². The zero-order chi connectivity index (χ0) is 16.4. The summed E-state index contributed by atoms with van der Waals surface area (Å²) in [7, 11) is 0. The molecule has 0 saturated carbocycles. The van der Waals surface area contributed by atoms with Gasteiger partial charge in [-0.25, -0.2) is 0 Å². The van der Waals surface area contributed by atoms with Crippen LogP contribution in [0.5, 0.6) is 0 Å². The van der Waals surface area contributed by atoms with Gasteiger partial charge in [0.25, 0.3) is 0 Å². The quantitative estimate of drug-likeness (QED) is 0.856. The van der Waals surface area contributed by atoms with E-state index in [2.05, 4.69) is 45.5 Å². The lowest BCUT2D eigenvalue weighted by molar-refractivity contribution is -0.119. The van der Waals surface area contributed by atoms with E-state index in [1.807, 2.05) is 0 Å². The Kier molecular flexibility index (Phi) is 4.46. The summed E-state index contributed by atoms with van der Waals surface area (Å²) >= 11 is 0. The van der Waals surface area contributed by atoms with Crippen LogP contribution in [-0.2, 0) is 4.79 Å². The minimum absolute atomic E-state index is 0.100. The van der Waals surface area contributed by atoms with Gasteiger partial charge in [0.1, 0.15) is 0 Å². The number of benzene rings is 1. The second-order valence-electron chi connectivity index (χ2n) is 7.19. The van der Waals surface area contributed by atoms with Gasteiger partial charge in [0.15, 0.2) is 0 Å². The molecule has 0 bridgehead atoms. The van der Waals surface area contributed by atoms with E-state index in [0.717, 1.165) is 44.7 Å². The minimum atomic E-state index is 0.100. The lowest BCUT2D eigenvalue weighted by atomic mass is 10.1. The molecule has 1 N–H and O–H groups in total. The molecule has 128 valence electrons. The minimum Gasteiger partial charge on any atom is -0.370 e. The Morgan fingerprint density at radius 2 is 1.38 bits per heavy atom. The van der Waals surface area contributed by atoms with Crippen LogP contribution in [0.25, 0.3) is 0 Å². The predicted molar refractivity (Wildman–Crippen MR) is 99.8 cm³/mol. The van der Waals surface area contributed by atoms with Crippen molar-refractivity contribution in [2.45, 2.75) is 38.5 Å². The van der Waals surface area contributed by atoms with Crippen LogP contribution >= 0.6 is 0 Å². The fraction of sp³-hybridized carbons (Fsp3) is 0.550. The number of rotatable bonds is 4. The number of carbonyl (C=O) groups excluding carboxylic acids is 1. The Morgan fingerprint density at radius 1 is 0.875 bits per heavy atom. The number of amides is 1. The molecule has 0 unspecified atom stereocenters. The van der Waals surface area contributed by atoms with Crippen LogP contribution < -0.4 is 15.1 Å². The lowest BCUT2D eigenvalue weighted by Gasteiger charge is -2.28. The summed E-state index contributed by atoms with van der Waals surface area (Å²) in [6, 6.07) is 6.49. The van der Waals surface area contributed by atoms with Gasteiger partial charge in [0.2, 0.25) is 5.91 Å². The van der Waals surface area contributed by atoms with Crippen molar-refractivity contribution in [3.8, 4) is 0 Å². The van der Waals surface area contributed by atoms with E-state index in [1.165, 1.54) is 37.1 Å². The van der Waals surface area contributed by atoms with Gasteiger partial charge in [-0.15, -0.1) is 0 Å². The van der Waals surface area contributed by atoms with Gasteiger partial charge < -0.3 is 15.1 Å². The number of para-hydroxylation sites is 1. The van der Waals surface area contributed by atoms with Crippen LogP contribution in [0.3, 0.4) is 0 Å². The molecule has 2 saturated heterocycles. The number of nitrogens with zero attached hydrogens (tertiary/aromatic N) is 2. The third-order valence-corrected chi connectivity index (χ3v) is 5.54. The van der Waals surface area contributed by atoms with Gasteiger partial charge in [0.05, 0.1) is 17.1 Å². The summed E-state index contributed by atoms with van der Waals surface area (Å²) < 4.78 is 0. The molecule has 1 aromatic carbocycles. The van der Waals surface area contributed by atoms with E-state index in [1.54, 1.807) is 0 Å². The average molecular weight is 325 g/mol. The molecule has 4 rings (SSSR count). The molecule has 0 radical (unpaired) electrons. The van der Waals surface area contributed by atoms with Gasteiger partial charge in [-0.2, -0.15) is 0 Å². The number of hydrogen-bond acceptors (Lipinski definition) is 3. The van der Waals surface area contributed by atoms with Crippen molar-refractivity contribution in [2.75, 3.05) is 41.3 Å². The van der Waals surface area contributed by atoms with Crippen LogP contribution in [0.15, 0.2) is 30.4 Å². The maximum atomic E-state index is 12.8. The molecule has 24 heavy (non-hydrogen) atoms. The topological polar surface area (TPSA) is 35.6 Å². The molecular weight excluding hydrogens is 298 g/mol. The molecular formula is C20H27N3O. The maximum Gasteiger partial charge on any atom is 0.228 e. The van der Waals surface area contributed by atoms with Crippen molar-refractivity contribution in [3.63, 3.8) is 0 Å². The van der Waals surface area contributed by atoms with Gasteiger partial charge >= 0.3 is 0 Å². The predicted octanol–water partition coefficient (Wildman–Crippen LogP) is 3.79. The fourth-order valence-electron chi connectivity index (χ4n) is 4.16. The third kappa shape index (κ3) is 3.02. The van der Waals surface area contributed by atoms with E-state index in [9.17, 15) is 4.79 Å². The normalized spacial score (nSPS) is 21.0. The van der Waals surface area contributed by atoms with Crippen LogP contribution in [-0.4, -0.2) is 32.1 Å². The molecule has 2 aliphatic heterocycles. The number of hydrogen-bond donors (Lipinski definition) is 1. The summed E-state index contributed by atoms with van der Waals surface area (Å²) in [5.41, 5.74) is 3.45. The van der Waals surface area contributed by atoms with Crippen molar-refractivity contribution in [1.82, 2.24) is 0 Å². The highest BCUT2D eigenvalue weighted by molar-refractivity contribution is 6.00. The molecule has 1 aliphatic carbocycles. The Bertz CT molecular complexity index is 586. The van der Waals surface area contributed by atoms with Crippen LogP contribution in [0, 0.1) is 5.92 Å². The summed E-state index contributed by atoms with van der Waals surface area (Å²) in [5.74, 6) is 0.273. The van der Waals surface area contributed by atoms with Crippen molar-refractivity contribution in [2.24, 2.45) is 5.92 Å². The van der Waals surface area contributed by atoms with Gasteiger partial charge in [-0.1, -0.05) is 18.2 Å². The molecule has 4 heteroatoms. The van der Waals surface area contributed by atoms with Crippen molar-refractivity contribution < 1.29 is 4.79 Å². The lowest BCUT2D eigenvalue weighted by Crippen LogP contribution is -2.27. The van der Waals surface area contributed by atoms with Crippen molar-refractivity contribution in [3.05, 3.63) is 30.4 Å². The van der Waals surface area contributed by atoms with E-state index >= 15 is 0 Å². The summed E-state index contributed by atoms with van der Waals surface area (Å²) in [5, 5.41) is 3.31. The molecule has 2 fully saturated rings. The molecule has 4 nitrogen and oxygen atoms in total. The highest BCUT2D eigenvalue weighted by atomic mass is 16.1. The van der Waals surface area contributed by atoms with Crippen molar-refractivity contribution >= 4 is 23.0 Å². The van der Waals surface area contributed by atoms with Gasteiger partial charge in [0, 0.05) is 32.1 Å². The Hall–Kier alpha value is -1.97. The molecule has 1 amide bonds. The summed E-state index contributed by atoms with van der Waals surface area (Å²) in [6.07, 6.45) is 11.0. The standard InChI is InChI=1S/C20H27N3O/c24-20(16-8-1-2-9-16)21-19-17(22-12-3-4-13-22)10-7-11-18(19)23-14-5-6-15-23/h1-2,7,10-11,16H,3-6,8-9,12-15H2,(H,21,24). The average Bonchev–Trinajstić information content (AvgIpc) is 3.37. The van der Waals surface area contributed by atoms with Crippen molar-refractivity contribution in [1.29, 1.82) is 0 Å². The number of nitrogens with one attached hydrogen (secondary N) is 1. The first-order valence-electron chi connectivity index (χ1n) is 9.42. The Balaban J connectivity index is 1.65.